The van der Waals surface area contributed by atoms with E-state index >= 15 is 0 Å². The Morgan fingerprint density at radius 1 is 1.00 bits per heavy atom. The Labute approximate surface area is 110 Å². The van der Waals surface area contributed by atoms with Crippen molar-refractivity contribution in [3.8, 4) is 11.1 Å². The average Bonchev–Trinajstić information content (AvgIpc) is 2.74. The Morgan fingerprint density at radius 2 is 1.78 bits per heavy atom. The summed E-state index contributed by atoms with van der Waals surface area (Å²) in [5.74, 6) is 1.54. The number of fused-ring (bicyclic) bond motifs is 1. The van der Waals surface area contributed by atoms with Crippen molar-refractivity contribution in [1.82, 2.24) is 0 Å². The quantitative estimate of drug-likeness (QED) is 0.685. The van der Waals surface area contributed by atoms with Gasteiger partial charge in [0.1, 0.15) is 0 Å². The Bertz CT molecular complexity index is 539. The molecule has 0 fully saturated rings. The zero-order valence-electron chi connectivity index (χ0n) is 11.2. The van der Waals surface area contributed by atoms with E-state index in [1.807, 2.05) is 0 Å². The standard InChI is InChI=1S/C18H20/c1-3-15-13(2)12-18-16(10-7-11-17(15)18)14-8-5-4-6-9-14/h4-11,13,15H,3,12H2,1-2H3. The van der Waals surface area contributed by atoms with Gasteiger partial charge < -0.3 is 0 Å². The number of rotatable bonds is 2. The normalized spacial score (nSPS) is 21.9. The maximum Gasteiger partial charge on any atom is -0.0133 e. The number of benzene rings is 2. The fourth-order valence-electron chi connectivity index (χ4n) is 3.46. The Morgan fingerprint density at radius 3 is 2.50 bits per heavy atom. The molecular weight excluding hydrogens is 216 g/mol. The minimum Gasteiger partial charge on any atom is -0.0648 e. The summed E-state index contributed by atoms with van der Waals surface area (Å²) in [5.41, 5.74) is 5.98. The van der Waals surface area contributed by atoms with E-state index < -0.39 is 0 Å². The van der Waals surface area contributed by atoms with E-state index in [-0.39, 0.29) is 0 Å². The van der Waals surface area contributed by atoms with Gasteiger partial charge >= 0.3 is 0 Å². The molecule has 0 nitrogen and oxygen atoms in total. The monoisotopic (exact) mass is 236 g/mol. The van der Waals surface area contributed by atoms with Crippen molar-refractivity contribution in [2.24, 2.45) is 5.92 Å². The number of hydrogen-bond donors (Lipinski definition) is 0. The third-order valence-electron chi connectivity index (χ3n) is 4.35. The molecule has 0 radical (unpaired) electrons. The van der Waals surface area contributed by atoms with E-state index in [4.69, 9.17) is 0 Å². The van der Waals surface area contributed by atoms with Crippen LogP contribution in [-0.2, 0) is 6.42 Å². The zero-order valence-corrected chi connectivity index (χ0v) is 11.2. The lowest BCUT2D eigenvalue weighted by Gasteiger charge is -2.13. The molecule has 92 valence electrons. The molecule has 0 aliphatic heterocycles. The van der Waals surface area contributed by atoms with Crippen LogP contribution in [0.1, 0.15) is 37.3 Å². The van der Waals surface area contributed by atoms with E-state index in [0.717, 1.165) is 11.8 Å². The molecule has 0 saturated carbocycles. The fraction of sp³-hybridized carbons (Fsp3) is 0.333. The molecule has 0 spiro atoms. The van der Waals surface area contributed by atoms with Crippen molar-refractivity contribution in [1.29, 1.82) is 0 Å². The van der Waals surface area contributed by atoms with Crippen LogP contribution >= 0.6 is 0 Å². The third kappa shape index (κ3) is 1.77. The average molecular weight is 236 g/mol. The van der Waals surface area contributed by atoms with E-state index in [2.05, 4.69) is 62.4 Å². The van der Waals surface area contributed by atoms with Gasteiger partial charge in [0.05, 0.1) is 0 Å². The first-order chi connectivity index (χ1) is 8.81. The predicted molar refractivity (Wildman–Crippen MR) is 77.8 cm³/mol. The summed E-state index contributed by atoms with van der Waals surface area (Å²) in [6.07, 6.45) is 2.49. The van der Waals surface area contributed by atoms with Crippen LogP contribution in [0, 0.1) is 5.92 Å². The van der Waals surface area contributed by atoms with Crippen LogP contribution in [0.4, 0.5) is 0 Å². The first-order valence-electron chi connectivity index (χ1n) is 6.98. The largest absolute Gasteiger partial charge is 0.0648 e. The van der Waals surface area contributed by atoms with Gasteiger partial charge in [-0.3, -0.25) is 0 Å². The van der Waals surface area contributed by atoms with E-state index in [9.17, 15) is 0 Å². The van der Waals surface area contributed by atoms with Crippen molar-refractivity contribution < 1.29 is 0 Å². The van der Waals surface area contributed by atoms with Crippen molar-refractivity contribution in [2.45, 2.75) is 32.6 Å². The summed E-state index contributed by atoms with van der Waals surface area (Å²) in [6, 6.07) is 17.6. The van der Waals surface area contributed by atoms with Gasteiger partial charge in [-0.1, -0.05) is 62.4 Å². The molecule has 0 saturated heterocycles. The molecule has 0 heterocycles. The summed E-state index contributed by atoms with van der Waals surface area (Å²) in [4.78, 5) is 0. The first kappa shape index (κ1) is 11.5. The second-order valence-corrected chi connectivity index (χ2v) is 5.44. The molecule has 18 heavy (non-hydrogen) atoms. The lowest BCUT2D eigenvalue weighted by molar-refractivity contribution is 0.486. The molecule has 0 N–H and O–H groups in total. The molecule has 2 unspecified atom stereocenters. The second-order valence-electron chi connectivity index (χ2n) is 5.44. The smallest absolute Gasteiger partial charge is 0.0133 e. The SMILES string of the molecule is CCC1c2cccc(-c3ccccc3)c2CC1C. The van der Waals surface area contributed by atoms with Gasteiger partial charge in [-0.2, -0.15) is 0 Å². The molecule has 0 bridgehead atoms. The van der Waals surface area contributed by atoms with Gasteiger partial charge in [0, 0.05) is 0 Å². The molecule has 0 aromatic heterocycles. The van der Waals surface area contributed by atoms with Gasteiger partial charge in [-0.05, 0) is 46.9 Å². The highest BCUT2D eigenvalue weighted by Gasteiger charge is 2.29. The molecule has 2 aromatic rings. The van der Waals surface area contributed by atoms with Gasteiger partial charge in [0.15, 0.2) is 0 Å². The van der Waals surface area contributed by atoms with Crippen molar-refractivity contribution in [3.63, 3.8) is 0 Å². The fourth-order valence-corrected chi connectivity index (χ4v) is 3.46. The van der Waals surface area contributed by atoms with Gasteiger partial charge in [-0.15, -0.1) is 0 Å². The Hall–Kier alpha value is -1.56. The van der Waals surface area contributed by atoms with E-state index in [1.54, 1.807) is 11.1 Å². The van der Waals surface area contributed by atoms with Gasteiger partial charge in [0.25, 0.3) is 0 Å². The Kier molecular flexibility index (Phi) is 2.95. The minimum absolute atomic E-state index is 0.753. The van der Waals surface area contributed by atoms with Crippen molar-refractivity contribution in [2.75, 3.05) is 0 Å². The Balaban J connectivity index is 2.13. The third-order valence-corrected chi connectivity index (χ3v) is 4.35. The molecule has 1 aliphatic rings. The lowest BCUT2D eigenvalue weighted by atomic mass is 9.91. The second kappa shape index (κ2) is 4.61. The molecule has 1 aliphatic carbocycles. The van der Waals surface area contributed by atoms with Crippen LogP contribution in [0.15, 0.2) is 48.5 Å². The van der Waals surface area contributed by atoms with Crippen LogP contribution < -0.4 is 0 Å². The van der Waals surface area contributed by atoms with Crippen LogP contribution in [0.3, 0.4) is 0 Å². The van der Waals surface area contributed by atoms with Crippen LogP contribution in [-0.4, -0.2) is 0 Å². The van der Waals surface area contributed by atoms with Crippen LogP contribution in [0.25, 0.3) is 11.1 Å². The summed E-state index contributed by atoms with van der Waals surface area (Å²) in [5, 5.41) is 0. The van der Waals surface area contributed by atoms with E-state index in [1.165, 1.54) is 24.0 Å². The predicted octanol–water partition coefficient (Wildman–Crippen LogP) is 5.04. The van der Waals surface area contributed by atoms with Crippen LogP contribution in [0.2, 0.25) is 0 Å². The highest BCUT2D eigenvalue weighted by atomic mass is 14.3. The maximum absolute atomic E-state index is 2.39. The highest BCUT2D eigenvalue weighted by molar-refractivity contribution is 5.70. The highest BCUT2D eigenvalue weighted by Crippen LogP contribution is 2.43. The van der Waals surface area contributed by atoms with Crippen molar-refractivity contribution >= 4 is 0 Å². The zero-order chi connectivity index (χ0) is 12.5. The molecular formula is C18H20. The molecule has 2 aromatic carbocycles. The molecule has 3 rings (SSSR count). The summed E-state index contributed by atoms with van der Waals surface area (Å²) in [7, 11) is 0. The topological polar surface area (TPSA) is 0 Å². The molecule has 0 heteroatoms. The summed E-state index contributed by atoms with van der Waals surface area (Å²) < 4.78 is 0. The van der Waals surface area contributed by atoms with Gasteiger partial charge in [0.2, 0.25) is 0 Å². The van der Waals surface area contributed by atoms with Crippen LogP contribution in [0.5, 0.6) is 0 Å². The van der Waals surface area contributed by atoms with Crippen molar-refractivity contribution in [3.05, 3.63) is 59.7 Å². The maximum atomic E-state index is 2.39. The van der Waals surface area contributed by atoms with Gasteiger partial charge in [-0.25, -0.2) is 0 Å². The molecule has 0 amide bonds. The lowest BCUT2D eigenvalue weighted by Crippen LogP contribution is -2.01. The number of hydrogen-bond acceptors (Lipinski definition) is 0. The first-order valence-corrected chi connectivity index (χ1v) is 6.98. The van der Waals surface area contributed by atoms with E-state index in [0.29, 0.717) is 0 Å². The summed E-state index contributed by atoms with van der Waals surface area (Å²) in [6.45, 7) is 4.70. The summed E-state index contributed by atoms with van der Waals surface area (Å²) >= 11 is 0. The molecule has 2 atom stereocenters. The minimum atomic E-state index is 0.753.